The van der Waals surface area contributed by atoms with Crippen LogP contribution in [0.5, 0.6) is 0 Å². The van der Waals surface area contributed by atoms with Gasteiger partial charge in [-0.05, 0) is 38.0 Å². The number of amides is 2. The fourth-order valence-corrected chi connectivity index (χ4v) is 2.94. The Balaban J connectivity index is 1.86. The Bertz CT molecular complexity index is 397. The van der Waals surface area contributed by atoms with E-state index >= 15 is 0 Å². The van der Waals surface area contributed by atoms with E-state index in [-0.39, 0.29) is 6.03 Å². The smallest absolute Gasteiger partial charge is 0.329 e. The van der Waals surface area contributed by atoms with Crippen molar-refractivity contribution in [3.63, 3.8) is 0 Å². The number of carboxylic acid groups (broad SMARTS) is 1. The molecule has 1 heterocycles. The van der Waals surface area contributed by atoms with Crippen molar-refractivity contribution in [2.24, 2.45) is 5.92 Å². The minimum atomic E-state index is -1.03. The van der Waals surface area contributed by atoms with E-state index in [1.165, 1.54) is 17.7 Å². The van der Waals surface area contributed by atoms with Crippen molar-refractivity contribution in [1.29, 1.82) is 0 Å². The molecule has 2 rings (SSSR count). The summed E-state index contributed by atoms with van der Waals surface area (Å²) in [5.74, 6) is -0.182. The molecule has 21 heavy (non-hydrogen) atoms. The van der Waals surface area contributed by atoms with Crippen LogP contribution in [0.3, 0.4) is 0 Å². The molecule has 0 aromatic rings. The van der Waals surface area contributed by atoms with E-state index in [0.717, 1.165) is 13.0 Å². The Kier molecular flexibility index (Phi) is 5.08. The molecule has 1 aliphatic heterocycles. The van der Waals surface area contributed by atoms with Crippen molar-refractivity contribution in [3.05, 3.63) is 0 Å². The second-order valence-electron chi connectivity index (χ2n) is 6.17. The zero-order chi connectivity index (χ0) is 15.5. The lowest BCUT2D eigenvalue weighted by Gasteiger charge is -2.36. The van der Waals surface area contributed by atoms with Crippen molar-refractivity contribution < 1.29 is 19.4 Å². The van der Waals surface area contributed by atoms with Crippen LogP contribution in [0.2, 0.25) is 0 Å². The Hall–Kier alpha value is -1.30. The first-order valence-corrected chi connectivity index (χ1v) is 7.85. The average Bonchev–Trinajstić information content (AvgIpc) is 3.18. The lowest BCUT2D eigenvalue weighted by Crippen LogP contribution is -2.56. The van der Waals surface area contributed by atoms with Gasteiger partial charge in [-0.2, -0.15) is 0 Å². The van der Waals surface area contributed by atoms with E-state index < -0.39 is 11.5 Å². The van der Waals surface area contributed by atoms with Crippen LogP contribution in [-0.4, -0.2) is 65.8 Å². The highest BCUT2D eigenvalue weighted by Gasteiger charge is 2.49. The summed E-state index contributed by atoms with van der Waals surface area (Å²) in [5, 5.41) is 9.51. The Labute approximate surface area is 126 Å². The molecule has 2 fully saturated rings. The quantitative estimate of drug-likeness (QED) is 0.728. The summed E-state index contributed by atoms with van der Waals surface area (Å²) in [6.45, 7) is 4.14. The van der Waals surface area contributed by atoms with E-state index in [2.05, 4.69) is 0 Å². The van der Waals surface area contributed by atoms with Crippen LogP contribution >= 0.6 is 0 Å². The van der Waals surface area contributed by atoms with Gasteiger partial charge in [-0.15, -0.1) is 0 Å². The third-order valence-electron chi connectivity index (χ3n) is 4.65. The molecular formula is C15H26N2O4. The zero-order valence-electron chi connectivity index (χ0n) is 13.0. The highest BCUT2D eigenvalue weighted by molar-refractivity contribution is 5.87. The van der Waals surface area contributed by atoms with E-state index in [0.29, 0.717) is 38.5 Å². The van der Waals surface area contributed by atoms with Crippen LogP contribution < -0.4 is 0 Å². The van der Waals surface area contributed by atoms with Gasteiger partial charge in [0.25, 0.3) is 0 Å². The first kappa shape index (κ1) is 16.1. The number of hydrogen-bond donors (Lipinski definition) is 1. The number of likely N-dealkylation sites (N-methyl/N-ethyl adjacent to an activating group) is 1. The molecule has 1 aliphatic carbocycles. The summed E-state index contributed by atoms with van der Waals surface area (Å²) in [5.41, 5.74) is -1.03. The van der Waals surface area contributed by atoms with Gasteiger partial charge in [0.05, 0.1) is 6.61 Å². The minimum Gasteiger partial charge on any atom is -0.479 e. The minimum absolute atomic E-state index is 0.202. The van der Waals surface area contributed by atoms with Gasteiger partial charge in [0.1, 0.15) is 5.54 Å². The first-order chi connectivity index (χ1) is 10.0. The van der Waals surface area contributed by atoms with Crippen molar-refractivity contribution in [3.8, 4) is 0 Å². The maximum Gasteiger partial charge on any atom is 0.329 e. The molecule has 1 unspecified atom stereocenters. The molecule has 0 spiro atoms. The summed E-state index contributed by atoms with van der Waals surface area (Å²) < 4.78 is 5.54. The number of likely N-dealkylation sites (tertiary alicyclic amines) is 1. The van der Waals surface area contributed by atoms with Gasteiger partial charge >= 0.3 is 12.0 Å². The van der Waals surface area contributed by atoms with E-state index in [4.69, 9.17) is 4.74 Å². The molecule has 0 radical (unpaired) electrons. The van der Waals surface area contributed by atoms with Gasteiger partial charge in [-0.3, -0.25) is 0 Å². The number of nitrogens with zero attached hydrogens (tertiary/aromatic N) is 2. The monoisotopic (exact) mass is 298 g/mol. The Morgan fingerprint density at radius 2 is 2.14 bits per heavy atom. The molecule has 1 atom stereocenters. The number of hydrogen-bond acceptors (Lipinski definition) is 3. The molecule has 1 saturated carbocycles. The summed E-state index contributed by atoms with van der Waals surface area (Å²) in [4.78, 5) is 27.2. The van der Waals surface area contributed by atoms with Crippen LogP contribution in [0.25, 0.3) is 0 Å². The molecule has 6 nitrogen and oxygen atoms in total. The maximum atomic E-state index is 12.5. The van der Waals surface area contributed by atoms with Crippen molar-refractivity contribution in [2.45, 2.75) is 44.6 Å². The molecule has 1 saturated heterocycles. The molecule has 120 valence electrons. The second-order valence-corrected chi connectivity index (χ2v) is 6.17. The number of carbonyl (C=O) groups is 2. The maximum absolute atomic E-state index is 12.5. The van der Waals surface area contributed by atoms with Gasteiger partial charge in [0, 0.05) is 26.7 Å². The lowest BCUT2D eigenvalue weighted by molar-refractivity contribution is -0.148. The van der Waals surface area contributed by atoms with E-state index in [1.807, 2.05) is 6.92 Å². The van der Waals surface area contributed by atoms with Crippen molar-refractivity contribution in [2.75, 3.05) is 33.4 Å². The number of urea groups is 1. The largest absolute Gasteiger partial charge is 0.479 e. The second kappa shape index (κ2) is 6.64. The van der Waals surface area contributed by atoms with Crippen LogP contribution in [0.4, 0.5) is 4.79 Å². The fraction of sp³-hybridized carbons (Fsp3) is 0.867. The Morgan fingerprint density at radius 1 is 1.43 bits per heavy atom. The van der Waals surface area contributed by atoms with Gasteiger partial charge in [-0.1, -0.05) is 6.92 Å². The predicted molar refractivity (Wildman–Crippen MR) is 78.2 cm³/mol. The molecular weight excluding hydrogens is 272 g/mol. The summed E-state index contributed by atoms with van der Waals surface area (Å²) in [7, 11) is 1.71. The van der Waals surface area contributed by atoms with Crippen molar-refractivity contribution >= 4 is 12.0 Å². The lowest BCUT2D eigenvalue weighted by atomic mass is 9.93. The Morgan fingerprint density at radius 3 is 2.71 bits per heavy atom. The predicted octanol–water partition coefficient (Wildman–Crippen LogP) is 1.79. The molecule has 0 aromatic heterocycles. The molecule has 6 heteroatoms. The van der Waals surface area contributed by atoms with E-state index in [9.17, 15) is 14.7 Å². The summed E-state index contributed by atoms with van der Waals surface area (Å²) in [6, 6.07) is -0.202. The standard InChI is InChI=1S/C15H26N2O4/c1-3-15(13(18)19)7-4-8-17(15)14(20)16(2)9-10-21-11-12-5-6-12/h12H,3-11H2,1-2H3,(H,18,19). The van der Waals surface area contributed by atoms with Crippen LogP contribution in [-0.2, 0) is 9.53 Å². The zero-order valence-corrected chi connectivity index (χ0v) is 13.0. The molecule has 2 amide bonds. The van der Waals surface area contributed by atoms with Crippen LogP contribution in [0.1, 0.15) is 39.0 Å². The third-order valence-corrected chi connectivity index (χ3v) is 4.65. The van der Waals surface area contributed by atoms with Crippen molar-refractivity contribution in [1.82, 2.24) is 9.80 Å². The van der Waals surface area contributed by atoms with Crippen LogP contribution in [0.15, 0.2) is 0 Å². The summed E-state index contributed by atoms with van der Waals surface area (Å²) in [6.07, 6.45) is 4.23. The van der Waals surface area contributed by atoms with Gasteiger partial charge in [0.2, 0.25) is 0 Å². The first-order valence-electron chi connectivity index (χ1n) is 7.85. The highest BCUT2D eigenvalue weighted by atomic mass is 16.5. The van der Waals surface area contributed by atoms with Gasteiger partial charge in [0.15, 0.2) is 0 Å². The third kappa shape index (κ3) is 3.48. The number of carbonyl (C=O) groups excluding carboxylic acids is 1. The van der Waals surface area contributed by atoms with Gasteiger partial charge < -0.3 is 19.6 Å². The molecule has 0 aromatic carbocycles. The normalized spacial score (nSPS) is 25.1. The summed E-state index contributed by atoms with van der Waals surface area (Å²) >= 11 is 0. The van der Waals surface area contributed by atoms with Crippen LogP contribution in [0, 0.1) is 5.92 Å². The number of ether oxygens (including phenoxy) is 1. The number of aliphatic carboxylic acids is 1. The molecule has 2 aliphatic rings. The average molecular weight is 298 g/mol. The molecule has 1 N–H and O–H groups in total. The SMILES string of the molecule is CCC1(C(=O)O)CCCN1C(=O)N(C)CCOCC1CC1. The molecule has 0 bridgehead atoms. The fourth-order valence-electron chi connectivity index (χ4n) is 2.94. The van der Waals surface area contributed by atoms with E-state index in [1.54, 1.807) is 11.9 Å². The topological polar surface area (TPSA) is 70.1 Å². The highest BCUT2D eigenvalue weighted by Crippen LogP contribution is 2.33. The van der Waals surface area contributed by atoms with Gasteiger partial charge in [-0.25, -0.2) is 9.59 Å². The number of carboxylic acids is 1. The number of rotatable bonds is 7.